The van der Waals surface area contributed by atoms with Crippen molar-refractivity contribution in [3.63, 3.8) is 0 Å². The first-order valence-electron chi connectivity index (χ1n) is 8.44. The molecule has 2 aromatic carbocycles. The minimum Gasteiger partial charge on any atom is -0.326 e. The van der Waals surface area contributed by atoms with Gasteiger partial charge in [0.25, 0.3) is 5.24 Å². The highest BCUT2D eigenvalue weighted by atomic mass is 35.5. The average molecular weight is 452 g/mol. The van der Waals surface area contributed by atoms with Crippen LogP contribution in [-0.4, -0.2) is 39.7 Å². The fraction of sp³-hybridized carbons (Fsp3) is 0.158. The van der Waals surface area contributed by atoms with Gasteiger partial charge in [0.2, 0.25) is 17.7 Å². The maximum absolute atomic E-state index is 12.5. The molecule has 1 heterocycles. The van der Waals surface area contributed by atoms with Crippen molar-refractivity contribution in [2.24, 2.45) is 0 Å². The summed E-state index contributed by atoms with van der Waals surface area (Å²) in [5, 5.41) is 4.83. The molecular weight excluding hydrogens is 437 g/mol. The predicted octanol–water partition coefficient (Wildman–Crippen LogP) is 4.02. The van der Waals surface area contributed by atoms with Crippen LogP contribution < -0.4 is 10.6 Å². The number of nitrogens with one attached hydrogen (secondary N) is 2. The largest absolute Gasteiger partial charge is 0.326 e. The Labute approximate surface area is 180 Å². The number of benzene rings is 2. The second kappa shape index (κ2) is 9.30. The number of carbonyl (C=O) groups excluding carboxylic acids is 4. The smallest absolute Gasteiger partial charge is 0.289 e. The number of nitrogens with zero attached hydrogens (tertiary/aromatic N) is 1. The number of imide groups is 1. The SMILES string of the molecule is O=C(C[C@H]1SC(=O)N(CC(=O)Nc2ccc(Cl)cc2)C1=O)Nc1ccc(Cl)cc1. The van der Waals surface area contributed by atoms with Gasteiger partial charge in [0.05, 0.1) is 0 Å². The van der Waals surface area contributed by atoms with Gasteiger partial charge in [-0.05, 0) is 48.5 Å². The third-order valence-electron chi connectivity index (χ3n) is 3.93. The van der Waals surface area contributed by atoms with Crippen molar-refractivity contribution in [1.82, 2.24) is 4.90 Å². The number of hydrogen-bond donors (Lipinski definition) is 2. The molecule has 10 heteroatoms. The number of amides is 4. The lowest BCUT2D eigenvalue weighted by molar-refractivity contribution is -0.131. The summed E-state index contributed by atoms with van der Waals surface area (Å²) in [7, 11) is 0. The summed E-state index contributed by atoms with van der Waals surface area (Å²) in [4.78, 5) is 49.8. The van der Waals surface area contributed by atoms with Crippen LogP contribution in [0.15, 0.2) is 48.5 Å². The highest BCUT2D eigenvalue weighted by molar-refractivity contribution is 8.15. The van der Waals surface area contributed by atoms with E-state index in [4.69, 9.17) is 23.2 Å². The van der Waals surface area contributed by atoms with Gasteiger partial charge in [-0.2, -0.15) is 0 Å². The van der Waals surface area contributed by atoms with E-state index >= 15 is 0 Å². The first-order valence-corrected chi connectivity index (χ1v) is 10.1. The third-order valence-corrected chi connectivity index (χ3v) is 5.51. The topological polar surface area (TPSA) is 95.6 Å². The molecule has 1 aliphatic rings. The van der Waals surface area contributed by atoms with E-state index in [-0.39, 0.29) is 6.42 Å². The lowest BCUT2D eigenvalue weighted by atomic mass is 10.2. The minimum atomic E-state index is -0.877. The Kier molecular flexibility index (Phi) is 6.79. The lowest BCUT2D eigenvalue weighted by Gasteiger charge is -2.14. The summed E-state index contributed by atoms with van der Waals surface area (Å²) in [5.74, 6) is -1.52. The van der Waals surface area contributed by atoms with Crippen LogP contribution in [0.3, 0.4) is 0 Å². The maximum Gasteiger partial charge on any atom is 0.289 e. The van der Waals surface area contributed by atoms with Crippen molar-refractivity contribution in [1.29, 1.82) is 0 Å². The number of anilines is 2. The monoisotopic (exact) mass is 451 g/mol. The number of halogens is 2. The number of hydrogen-bond acceptors (Lipinski definition) is 5. The Hall–Kier alpha value is -2.55. The zero-order valence-corrected chi connectivity index (χ0v) is 17.2. The zero-order valence-electron chi connectivity index (χ0n) is 14.9. The average Bonchev–Trinajstić information content (AvgIpc) is 2.93. The van der Waals surface area contributed by atoms with Crippen molar-refractivity contribution in [2.45, 2.75) is 11.7 Å². The molecule has 0 unspecified atom stereocenters. The highest BCUT2D eigenvalue weighted by Crippen LogP contribution is 2.29. The van der Waals surface area contributed by atoms with Crippen LogP contribution in [-0.2, 0) is 14.4 Å². The molecule has 1 atom stereocenters. The Morgan fingerprint density at radius 2 is 1.34 bits per heavy atom. The molecule has 7 nitrogen and oxygen atoms in total. The zero-order chi connectivity index (χ0) is 21.0. The van der Waals surface area contributed by atoms with E-state index in [1.807, 2.05) is 0 Å². The molecule has 0 aromatic heterocycles. The number of thioether (sulfide) groups is 1. The van der Waals surface area contributed by atoms with Gasteiger partial charge in [-0.1, -0.05) is 35.0 Å². The Morgan fingerprint density at radius 3 is 1.86 bits per heavy atom. The molecule has 0 saturated carbocycles. The van der Waals surface area contributed by atoms with Crippen LogP contribution in [0.25, 0.3) is 0 Å². The van der Waals surface area contributed by atoms with Crippen LogP contribution in [0, 0.1) is 0 Å². The van der Waals surface area contributed by atoms with Gasteiger partial charge in [-0.25, -0.2) is 0 Å². The van der Waals surface area contributed by atoms with Gasteiger partial charge >= 0.3 is 0 Å². The molecule has 29 heavy (non-hydrogen) atoms. The number of carbonyl (C=O) groups is 4. The van der Waals surface area contributed by atoms with Crippen molar-refractivity contribution in [3.05, 3.63) is 58.6 Å². The molecule has 2 N–H and O–H groups in total. The molecule has 3 rings (SSSR count). The van der Waals surface area contributed by atoms with Gasteiger partial charge in [0.1, 0.15) is 11.8 Å². The van der Waals surface area contributed by atoms with E-state index in [1.54, 1.807) is 48.5 Å². The van der Waals surface area contributed by atoms with E-state index < -0.39 is 34.8 Å². The van der Waals surface area contributed by atoms with Crippen LogP contribution in [0.2, 0.25) is 10.0 Å². The summed E-state index contributed by atoms with van der Waals surface area (Å²) >= 11 is 12.3. The quantitative estimate of drug-likeness (QED) is 0.690. The summed E-state index contributed by atoms with van der Waals surface area (Å²) < 4.78 is 0. The van der Waals surface area contributed by atoms with Crippen molar-refractivity contribution >= 4 is 69.3 Å². The fourth-order valence-electron chi connectivity index (χ4n) is 2.56. The molecular formula is C19H15Cl2N3O4S. The molecule has 0 bridgehead atoms. The van der Waals surface area contributed by atoms with E-state index in [1.165, 1.54) is 0 Å². The summed E-state index contributed by atoms with van der Waals surface area (Å²) in [6, 6.07) is 12.9. The first-order chi connectivity index (χ1) is 13.8. The second-order valence-corrected chi connectivity index (χ2v) is 8.14. The van der Waals surface area contributed by atoms with Crippen molar-refractivity contribution in [2.75, 3.05) is 17.2 Å². The van der Waals surface area contributed by atoms with Gasteiger partial charge in [0.15, 0.2) is 0 Å². The first kappa shape index (κ1) is 21.2. The second-order valence-electron chi connectivity index (χ2n) is 6.11. The Balaban J connectivity index is 1.54. The van der Waals surface area contributed by atoms with Crippen LogP contribution >= 0.6 is 35.0 Å². The Morgan fingerprint density at radius 1 is 0.862 bits per heavy atom. The normalized spacial score (nSPS) is 16.1. The molecule has 2 aromatic rings. The summed E-state index contributed by atoms with van der Waals surface area (Å²) in [6.45, 7) is -0.428. The predicted molar refractivity (Wildman–Crippen MR) is 113 cm³/mol. The molecule has 1 aliphatic heterocycles. The van der Waals surface area contributed by atoms with Crippen LogP contribution in [0.1, 0.15) is 6.42 Å². The third kappa shape index (κ3) is 5.72. The van der Waals surface area contributed by atoms with Crippen LogP contribution in [0.5, 0.6) is 0 Å². The minimum absolute atomic E-state index is 0.187. The molecule has 0 spiro atoms. The van der Waals surface area contributed by atoms with E-state index in [0.29, 0.717) is 21.4 Å². The van der Waals surface area contributed by atoms with E-state index in [0.717, 1.165) is 16.7 Å². The molecule has 150 valence electrons. The summed E-state index contributed by atoms with van der Waals surface area (Å²) in [5.41, 5.74) is 1.02. The highest BCUT2D eigenvalue weighted by Gasteiger charge is 2.41. The lowest BCUT2D eigenvalue weighted by Crippen LogP contribution is -2.38. The molecule has 4 amide bonds. The van der Waals surface area contributed by atoms with E-state index in [9.17, 15) is 19.2 Å². The molecule has 0 radical (unpaired) electrons. The standard InChI is InChI=1S/C19H15Cl2N3O4S/c20-11-1-5-13(6-2-11)22-16(25)9-15-18(27)24(19(28)29-15)10-17(26)23-14-7-3-12(21)4-8-14/h1-8,15H,9-10H2,(H,22,25)(H,23,26)/t15-/m1/s1. The summed E-state index contributed by atoms with van der Waals surface area (Å²) in [6.07, 6.45) is -0.187. The van der Waals surface area contributed by atoms with Gasteiger partial charge < -0.3 is 10.6 Å². The number of rotatable bonds is 6. The van der Waals surface area contributed by atoms with Crippen molar-refractivity contribution in [3.8, 4) is 0 Å². The van der Waals surface area contributed by atoms with Gasteiger partial charge in [-0.15, -0.1) is 0 Å². The molecule has 0 aliphatic carbocycles. The molecule has 1 saturated heterocycles. The van der Waals surface area contributed by atoms with Crippen LogP contribution in [0.4, 0.5) is 16.2 Å². The van der Waals surface area contributed by atoms with Gasteiger partial charge in [-0.3, -0.25) is 24.1 Å². The maximum atomic E-state index is 12.5. The van der Waals surface area contributed by atoms with Crippen molar-refractivity contribution < 1.29 is 19.2 Å². The Bertz CT molecular complexity index is 951. The van der Waals surface area contributed by atoms with Gasteiger partial charge in [0, 0.05) is 27.8 Å². The molecule has 1 fully saturated rings. The fourth-order valence-corrected chi connectivity index (χ4v) is 3.80. The van der Waals surface area contributed by atoms with E-state index in [2.05, 4.69) is 10.6 Å².